The van der Waals surface area contributed by atoms with Gasteiger partial charge < -0.3 is 0 Å². The van der Waals surface area contributed by atoms with Crippen molar-refractivity contribution in [3.8, 4) is 0 Å². The van der Waals surface area contributed by atoms with Gasteiger partial charge >= 0.3 is 0 Å². The molecule has 3 aromatic rings. The molecule has 3 rings (SSSR count). The smallest absolute Gasteiger partial charge is 0.149 e. The lowest BCUT2D eigenvalue weighted by Gasteiger charge is -2.31. The van der Waals surface area contributed by atoms with Crippen molar-refractivity contribution in [2.45, 2.75) is 32.1 Å². The SMILES string of the molecule is C=CCC(C)(Cc1ccccc1)c1cnc2c(F)cccc2c1C. The molecule has 24 heavy (non-hydrogen) atoms. The third kappa shape index (κ3) is 2.96. The summed E-state index contributed by atoms with van der Waals surface area (Å²) in [5, 5.41) is 0.885. The third-order valence-corrected chi connectivity index (χ3v) is 4.80. The van der Waals surface area contributed by atoms with E-state index >= 15 is 0 Å². The van der Waals surface area contributed by atoms with E-state index in [4.69, 9.17) is 0 Å². The van der Waals surface area contributed by atoms with Crippen LogP contribution in [0.3, 0.4) is 0 Å². The molecule has 0 radical (unpaired) electrons. The number of halogens is 1. The summed E-state index contributed by atoms with van der Waals surface area (Å²) in [6.45, 7) is 8.23. The van der Waals surface area contributed by atoms with Crippen molar-refractivity contribution in [1.82, 2.24) is 4.98 Å². The quantitative estimate of drug-likeness (QED) is 0.545. The second-order valence-electron chi connectivity index (χ2n) is 6.65. The first-order valence-electron chi connectivity index (χ1n) is 8.24. The van der Waals surface area contributed by atoms with Gasteiger partial charge in [0.05, 0.1) is 0 Å². The predicted octanol–water partition coefficient (Wildman–Crippen LogP) is 5.76. The highest BCUT2D eigenvalue weighted by atomic mass is 19.1. The lowest BCUT2D eigenvalue weighted by atomic mass is 9.73. The first-order valence-corrected chi connectivity index (χ1v) is 8.24. The molecular formula is C22H22FN. The van der Waals surface area contributed by atoms with E-state index < -0.39 is 0 Å². The van der Waals surface area contributed by atoms with Gasteiger partial charge in [-0.05, 0) is 42.5 Å². The topological polar surface area (TPSA) is 12.9 Å². The number of para-hydroxylation sites is 1. The number of hydrogen-bond acceptors (Lipinski definition) is 1. The Morgan fingerprint density at radius 2 is 1.88 bits per heavy atom. The molecule has 1 atom stereocenters. The van der Waals surface area contributed by atoms with E-state index in [1.165, 1.54) is 11.6 Å². The van der Waals surface area contributed by atoms with Crippen LogP contribution in [0.4, 0.5) is 4.39 Å². The first-order chi connectivity index (χ1) is 11.5. The lowest BCUT2D eigenvalue weighted by molar-refractivity contribution is 0.472. The van der Waals surface area contributed by atoms with Crippen molar-refractivity contribution in [2.75, 3.05) is 0 Å². The fraction of sp³-hybridized carbons (Fsp3) is 0.227. The number of hydrogen-bond donors (Lipinski definition) is 0. The largest absolute Gasteiger partial charge is 0.253 e. The standard InChI is InChI=1S/C22H22FN/c1-4-13-22(3,14-17-9-6-5-7-10-17)19-15-24-21-18(16(19)2)11-8-12-20(21)23/h4-12,15H,1,13-14H2,2-3H3. The molecule has 0 fully saturated rings. The Morgan fingerprint density at radius 3 is 2.58 bits per heavy atom. The van der Waals surface area contributed by atoms with E-state index in [1.807, 2.05) is 24.4 Å². The first kappa shape index (κ1) is 16.4. The van der Waals surface area contributed by atoms with Crippen molar-refractivity contribution in [1.29, 1.82) is 0 Å². The Kier molecular flexibility index (Phi) is 4.48. The fourth-order valence-electron chi connectivity index (χ4n) is 3.57. The van der Waals surface area contributed by atoms with Gasteiger partial charge in [-0.3, -0.25) is 4.98 Å². The molecule has 1 unspecified atom stereocenters. The van der Waals surface area contributed by atoms with E-state index in [0.29, 0.717) is 5.52 Å². The van der Waals surface area contributed by atoms with E-state index in [1.54, 1.807) is 6.07 Å². The Hall–Kier alpha value is -2.48. The molecule has 0 aliphatic rings. The Labute approximate surface area is 142 Å². The van der Waals surface area contributed by atoms with E-state index in [-0.39, 0.29) is 11.2 Å². The number of nitrogens with zero attached hydrogens (tertiary/aromatic N) is 1. The van der Waals surface area contributed by atoms with Gasteiger partial charge in [-0.15, -0.1) is 6.58 Å². The minimum atomic E-state index is -0.268. The highest BCUT2D eigenvalue weighted by Crippen LogP contribution is 2.36. The van der Waals surface area contributed by atoms with Gasteiger partial charge in [-0.1, -0.05) is 55.5 Å². The van der Waals surface area contributed by atoms with Gasteiger partial charge in [0, 0.05) is 17.0 Å². The molecule has 0 amide bonds. The summed E-state index contributed by atoms with van der Waals surface area (Å²) >= 11 is 0. The van der Waals surface area contributed by atoms with Crippen molar-refractivity contribution < 1.29 is 4.39 Å². The van der Waals surface area contributed by atoms with Crippen LogP contribution in [-0.2, 0) is 11.8 Å². The summed E-state index contributed by atoms with van der Waals surface area (Å²) in [5.41, 5.74) is 3.85. The van der Waals surface area contributed by atoms with Gasteiger partial charge in [0.15, 0.2) is 0 Å². The molecule has 0 spiro atoms. The molecule has 0 aliphatic carbocycles. The Bertz CT molecular complexity index is 870. The fourth-order valence-corrected chi connectivity index (χ4v) is 3.57. The minimum absolute atomic E-state index is 0.124. The van der Waals surface area contributed by atoms with Gasteiger partial charge in [-0.25, -0.2) is 4.39 Å². The summed E-state index contributed by atoms with van der Waals surface area (Å²) in [6, 6.07) is 15.6. The van der Waals surface area contributed by atoms with Crippen LogP contribution in [0.2, 0.25) is 0 Å². The van der Waals surface area contributed by atoms with E-state index in [0.717, 1.165) is 29.4 Å². The number of rotatable bonds is 5. The summed E-state index contributed by atoms with van der Waals surface area (Å²) in [6.07, 6.45) is 5.53. The summed E-state index contributed by atoms with van der Waals surface area (Å²) in [4.78, 5) is 4.42. The molecular weight excluding hydrogens is 297 g/mol. The Balaban J connectivity index is 2.13. The highest BCUT2D eigenvalue weighted by Gasteiger charge is 2.28. The summed E-state index contributed by atoms with van der Waals surface area (Å²) in [5.74, 6) is -0.268. The van der Waals surface area contributed by atoms with Crippen molar-refractivity contribution in [3.63, 3.8) is 0 Å². The van der Waals surface area contributed by atoms with Crippen molar-refractivity contribution >= 4 is 10.9 Å². The van der Waals surface area contributed by atoms with Crippen LogP contribution in [0.5, 0.6) is 0 Å². The second kappa shape index (κ2) is 6.56. The molecule has 0 N–H and O–H groups in total. The van der Waals surface area contributed by atoms with Crippen LogP contribution in [0.25, 0.3) is 10.9 Å². The van der Waals surface area contributed by atoms with Crippen LogP contribution in [0.1, 0.15) is 30.0 Å². The van der Waals surface area contributed by atoms with Gasteiger partial charge in [0.1, 0.15) is 11.3 Å². The summed E-state index contributed by atoms with van der Waals surface area (Å²) in [7, 11) is 0. The number of aryl methyl sites for hydroxylation is 1. The zero-order chi connectivity index (χ0) is 17.2. The molecule has 0 saturated heterocycles. The zero-order valence-corrected chi connectivity index (χ0v) is 14.2. The zero-order valence-electron chi connectivity index (χ0n) is 14.2. The maximum absolute atomic E-state index is 14.0. The molecule has 0 saturated carbocycles. The molecule has 0 bridgehead atoms. The second-order valence-corrected chi connectivity index (χ2v) is 6.65. The average molecular weight is 319 g/mol. The van der Waals surface area contributed by atoms with Gasteiger partial charge in [-0.2, -0.15) is 0 Å². The van der Waals surface area contributed by atoms with Crippen LogP contribution in [-0.4, -0.2) is 4.98 Å². The molecule has 0 aliphatic heterocycles. The number of allylic oxidation sites excluding steroid dienone is 1. The predicted molar refractivity (Wildman–Crippen MR) is 98.8 cm³/mol. The molecule has 122 valence electrons. The monoisotopic (exact) mass is 319 g/mol. The molecule has 2 aromatic carbocycles. The number of benzene rings is 2. The molecule has 1 aromatic heterocycles. The highest BCUT2D eigenvalue weighted by molar-refractivity contribution is 5.83. The normalized spacial score (nSPS) is 13.6. The van der Waals surface area contributed by atoms with E-state index in [9.17, 15) is 4.39 Å². The molecule has 2 heteroatoms. The van der Waals surface area contributed by atoms with Crippen LogP contribution < -0.4 is 0 Å². The number of fused-ring (bicyclic) bond motifs is 1. The third-order valence-electron chi connectivity index (χ3n) is 4.80. The maximum atomic E-state index is 14.0. The van der Waals surface area contributed by atoms with Crippen LogP contribution >= 0.6 is 0 Å². The Morgan fingerprint density at radius 1 is 1.12 bits per heavy atom. The minimum Gasteiger partial charge on any atom is -0.253 e. The van der Waals surface area contributed by atoms with Crippen LogP contribution in [0.15, 0.2) is 67.4 Å². The molecule has 1 heterocycles. The van der Waals surface area contributed by atoms with Gasteiger partial charge in [0.25, 0.3) is 0 Å². The number of pyridine rings is 1. The van der Waals surface area contributed by atoms with Crippen LogP contribution in [0, 0.1) is 12.7 Å². The van der Waals surface area contributed by atoms with Crippen molar-refractivity contribution in [3.05, 3.63) is 89.9 Å². The summed E-state index contributed by atoms with van der Waals surface area (Å²) < 4.78 is 14.0. The van der Waals surface area contributed by atoms with Crippen molar-refractivity contribution in [2.24, 2.45) is 0 Å². The lowest BCUT2D eigenvalue weighted by Crippen LogP contribution is -2.26. The maximum Gasteiger partial charge on any atom is 0.149 e. The van der Waals surface area contributed by atoms with E-state index in [2.05, 4.69) is 49.7 Å². The average Bonchev–Trinajstić information content (AvgIpc) is 2.57. The van der Waals surface area contributed by atoms with Gasteiger partial charge in [0.2, 0.25) is 0 Å². The number of aromatic nitrogens is 1. The molecule has 1 nitrogen and oxygen atoms in total.